The van der Waals surface area contributed by atoms with E-state index in [4.69, 9.17) is 16.3 Å². The Morgan fingerprint density at radius 1 is 1.50 bits per heavy atom. The zero-order valence-corrected chi connectivity index (χ0v) is 10.3. The smallest absolute Gasteiger partial charge is 0.226 e. The average molecular weight is 242 g/mol. The van der Waals surface area contributed by atoms with Crippen LogP contribution < -0.4 is 10.1 Å². The van der Waals surface area contributed by atoms with Gasteiger partial charge >= 0.3 is 0 Å². The Morgan fingerprint density at radius 3 is 2.81 bits per heavy atom. The maximum absolute atomic E-state index is 5.91. The zero-order chi connectivity index (χ0) is 11.6. The first kappa shape index (κ1) is 11.5. The van der Waals surface area contributed by atoms with Crippen molar-refractivity contribution in [3.8, 4) is 5.88 Å². The van der Waals surface area contributed by atoms with Gasteiger partial charge in [0.1, 0.15) is 0 Å². The van der Waals surface area contributed by atoms with E-state index in [-0.39, 0.29) is 5.41 Å². The summed E-state index contributed by atoms with van der Waals surface area (Å²) in [6.07, 6.45) is 2.37. The van der Waals surface area contributed by atoms with Crippen molar-refractivity contribution < 1.29 is 4.74 Å². The molecule has 0 atom stereocenters. The monoisotopic (exact) mass is 241 g/mol. The topological polar surface area (TPSA) is 47.0 Å². The van der Waals surface area contributed by atoms with Gasteiger partial charge in [0.25, 0.3) is 0 Å². The van der Waals surface area contributed by atoms with Crippen molar-refractivity contribution in [3.05, 3.63) is 11.8 Å². The lowest BCUT2D eigenvalue weighted by Gasteiger charge is -2.13. The first-order valence-corrected chi connectivity index (χ1v) is 5.90. The highest BCUT2D eigenvalue weighted by atomic mass is 35.5. The zero-order valence-electron chi connectivity index (χ0n) is 9.59. The summed E-state index contributed by atoms with van der Waals surface area (Å²) in [6.45, 7) is 2.76. The molecule has 0 amide bonds. The molecule has 0 radical (unpaired) electrons. The SMILES string of the molecule is COc1cc(C)nc(NCC2(CCl)CC2)n1. The molecule has 0 bridgehead atoms. The Hall–Kier alpha value is -1.03. The molecule has 1 aliphatic rings. The highest BCUT2D eigenvalue weighted by Gasteiger charge is 2.41. The van der Waals surface area contributed by atoms with Crippen molar-refractivity contribution in [2.45, 2.75) is 19.8 Å². The van der Waals surface area contributed by atoms with Crippen molar-refractivity contribution >= 4 is 17.5 Å². The van der Waals surface area contributed by atoms with Gasteiger partial charge in [0.05, 0.1) is 7.11 Å². The Labute approximate surface area is 100 Å². The van der Waals surface area contributed by atoms with Gasteiger partial charge in [0.2, 0.25) is 11.8 Å². The van der Waals surface area contributed by atoms with E-state index >= 15 is 0 Å². The number of aryl methyl sites for hydroxylation is 1. The number of nitrogens with one attached hydrogen (secondary N) is 1. The van der Waals surface area contributed by atoms with Gasteiger partial charge in [-0.3, -0.25) is 0 Å². The van der Waals surface area contributed by atoms with E-state index < -0.39 is 0 Å². The first-order valence-electron chi connectivity index (χ1n) is 5.37. The molecule has 1 fully saturated rings. The largest absolute Gasteiger partial charge is 0.481 e. The molecule has 4 nitrogen and oxygen atoms in total. The predicted octanol–water partition coefficient (Wildman–Crippen LogP) is 2.22. The minimum absolute atomic E-state index is 0.266. The fourth-order valence-electron chi connectivity index (χ4n) is 1.52. The van der Waals surface area contributed by atoms with Crippen LogP contribution in [0.4, 0.5) is 5.95 Å². The summed E-state index contributed by atoms with van der Waals surface area (Å²) in [7, 11) is 1.60. The minimum Gasteiger partial charge on any atom is -0.481 e. The molecule has 0 spiro atoms. The van der Waals surface area contributed by atoms with E-state index in [1.165, 1.54) is 12.8 Å². The van der Waals surface area contributed by atoms with Crippen LogP contribution in [-0.4, -0.2) is 29.5 Å². The third-order valence-corrected chi connectivity index (χ3v) is 3.47. The molecule has 0 saturated heterocycles. The number of hydrogen-bond donors (Lipinski definition) is 1. The summed E-state index contributed by atoms with van der Waals surface area (Å²) >= 11 is 5.91. The summed E-state index contributed by atoms with van der Waals surface area (Å²) in [5.41, 5.74) is 1.16. The molecule has 2 rings (SSSR count). The van der Waals surface area contributed by atoms with Gasteiger partial charge in [-0.2, -0.15) is 4.98 Å². The standard InChI is InChI=1S/C11H16ClN3O/c1-8-5-9(16-2)15-10(14-8)13-7-11(6-12)3-4-11/h5H,3-4,6-7H2,1-2H3,(H,13,14,15). The van der Waals surface area contributed by atoms with Crippen molar-refractivity contribution in [2.24, 2.45) is 5.41 Å². The number of halogens is 1. The summed E-state index contributed by atoms with van der Waals surface area (Å²) < 4.78 is 5.09. The molecule has 1 aliphatic carbocycles. The third-order valence-electron chi connectivity index (χ3n) is 2.90. The molecule has 88 valence electrons. The second kappa shape index (κ2) is 4.45. The molecule has 0 aromatic carbocycles. The molecule has 16 heavy (non-hydrogen) atoms. The molecule has 0 aliphatic heterocycles. The third kappa shape index (κ3) is 2.55. The van der Waals surface area contributed by atoms with Gasteiger partial charge in [-0.25, -0.2) is 4.98 Å². The molecule has 1 aromatic rings. The fraction of sp³-hybridized carbons (Fsp3) is 0.636. The molecule has 1 saturated carbocycles. The number of anilines is 1. The van der Waals surface area contributed by atoms with E-state index in [0.29, 0.717) is 17.7 Å². The number of hydrogen-bond acceptors (Lipinski definition) is 4. The molecule has 1 N–H and O–H groups in total. The number of alkyl halides is 1. The van der Waals surface area contributed by atoms with Gasteiger partial charge in [-0.15, -0.1) is 11.6 Å². The van der Waals surface area contributed by atoms with Crippen LogP contribution in [0.15, 0.2) is 6.07 Å². The van der Waals surface area contributed by atoms with Crippen molar-refractivity contribution in [3.63, 3.8) is 0 Å². The Balaban J connectivity index is 2.01. The Bertz CT molecular complexity index is 379. The van der Waals surface area contributed by atoms with Gasteiger partial charge in [0, 0.05) is 29.6 Å². The molecule has 5 heteroatoms. The van der Waals surface area contributed by atoms with Crippen LogP contribution in [0.3, 0.4) is 0 Å². The summed E-state index contributed by atoms with van der Waals surface area (Å²) in [4.78, 5) is 8.53. The second-order valence-electron chi connectivity index (χ2n) is 4.36. The number of methoxy groups -OCH3 is 1. The van der Waals surface area contributed by atoms with Crippen molar-refractivity contribution in [2.75, 3.05) is 24.9 Å². The van der Waals surface area contributed by atoms with Crippen molar-refractivity contribution in [1.29, 1.82) is 0 Å². The molecule has 1 heterocycles. The maximum atomic E-state index is 5.91. The van der Waals surface area contributed by atoms with E-state index in [2.05, 4.69) is 15.3 Å². The molecule has 1 aromatic heterocycles. The van der Waals surface area contributed by atoms with Gasteiger partial charge in [-0.1, -0.05) is 0 Å². The first-order chi connectivity index (χ1) is 7.67. The highest BCUT2D eigenvalue weighted by Crippen LogP contribution is 2.46. The quantitative estimate of drug-likeness (QED) is 0.803. The van der Waals surface area contributed by atoms with Crippen molar-refractivity contribution in [1.82, 2.24) is 9.97 Å². The lowest BCUT2D eigenvalue weighted by molar-refractivity contribution is 0.397. The Morgan fingerprint density at radius 2 is 2.25 bits per heavy atom. The summed E-state index contributed by atoms with van der Waals surface area (Å²) in [5, 5.41) is 3.23. The number of ether oxygens (including phenoxy) is 1. The van der Waals surface area contributed by atoms with Gasteiger partial charge < -0.3 is 10.1 Å². The van der Waals surface area contributed by atoms with E-state index in [1.54, 1.807) is 13.2 Å². The molecular formula is C11H16ClN3O. The molecule has 0 unspecified atom stereocenters. The van der Waals surface area contributed by atoms with Crippen LogP contribution in [0.25, 0.3) is 0 Å². The lowest BCUT2D eigenvalue weighted by atomic mass is 10.1. The van der Waals surface area contributed by atoms with Crippen LogP contribution in [0.5, 0.6) is 5.88 Å². The number of rotatable bonds is 5. The van der Waals surface area contributed by atoms with Gasteiger partial charge in [-0.05, 0) is 19.8 Å². The van der Waals surface area contributed by atoms with Crippen LogP contribution in [-0.2, 0) is 0 Å². The lowest BCUT2D eigenvalue weighted by Crippen LogP contribution is -2.18. The van der Waals surface area contributed by atoms with Crippen LogP contribution in [0.2, 0.25) is 0 Å². The predicted molar refractivity (Wildman–Crippen MR) is 64.2 cm³/mol. The van der Waals surface area contributed by atoms with Crippen LogP contribution >= 0.6 is 11.6 Å². The maximum Gasteiger partial charge on any atom is 0.226 e. The summed E-state index contributed by atoms with van der Waals surface area (Å²) in [6, 6.07) is 1.81. The normalized spacial score (nSPS) is 16.9. The van der Waals surface area contributed by atoms with E-state index in [0.717, 1.165) is 12.2 Å². The van der Waals surface area contributed by atoms with Crippen LogP contribution in [0, 0.1) is 12.3 Å². The molecular weight excluding hydrogens is 226 g/mol. The average Bonchev–Trinajstić information content (AvgIpc) is 3.06. The highest BCUT2D eigenvalue weighted by molar-refractivity contribution is 6.18. The van der Waals surface area contributed by atoms with E-state index in [1.807, 2.05) is 6.92 Å². The fourth-order valence-corrected chi connectivity index (χ4v) is 1.89. The number of aromatic nitrogens is 2. The van der Waals surface area contributed by atoms with Gasteiger partial charge in [0.15, 0.2) is 0 Å². The minimum atomic E-state index is 0.266. The van der Waals surface area contributed by atoms with Crippen LogP contribution in [0.1, 0.15) is 18.5 Å². The number of nitrogens with zero attached hydrogens (tertiary/aromatic N) is 2. The summed E-state index contributed by atoms with van der Waals surface area (Å²) in [5.74, 6) is 1.90. The Kier molecular flexibility index (Phi) is 3.19. The van der Waals surface area contributed by atoms with E-state index in [9.17, 15) is 0 Å². The second-order valence-corrected chi connectivity index (χ2v) is 4.63.